The van der Waals surface area contributed by atoms with Crippen molar-refractivity contribution in [3.63, 3.8) is 0 Å². The van der Waals surface area contributed by atoms with E-state index < -0.39 is 35.4 Å². The van der Waals surface area contributed by atoms with E-state index >= 15 is 0 Å². The highest BCUT2D eigenvalue weighted by molar-refractivity contribution is 5.90. The Bertz CT molecular complexity index is 1100. The van der Waals surface area contributed by atoms with Crippen molar-refractivity contribution in [3.8, 4) is 5.75 Å². The van der Waals surface area contributed by atoms with Gasteiger partial charge in [-0.05, 0) is 99.3 Å². The van der Waals surface area contributed by atoms with Crippen molar-refractivity contribution < 1.29 is 32.5 Å². The fourth-order valence-corrected chi connectivity index (χ4v) is 5.74. The topological polar surface area (TPSA) is 55.8 Å². The summed E-state index contributed by atoms with van der Waals surface area (Å²) in [6.07, 6.45) is 5.87. The van der Waals surface area contributed by atoms with Crippen LogP contribution in [0.4, 0.5) is 13.2 Å². The number of carbonyl (C=O) groups is 1. The number of carbonyl (C=O) groups excluding carboxylic acids is 1. The predicted octanol–water partition coefficient (Wildman–Crippen LogP) is 7.21. The third-order valence-corrected chi connectivity index (χ3v) is 7.95. The second kappa shape index (κ2) is 12.2. The largest absolute Gasteiger partial charge is 0.489 e. The van der Waals surface area contributed by atoms with Crippen molar-refractivity contribution in [3.05, 3.63) is 77.1 Å². The van der Waals surface area contributed by atoms with Gasteiger partial charge < -0.3 is 14.6 Å². The Hall–Kier alpha value is -2.80. The normalized spacial score (nSPS) is 24.8. The van der Waals surface area contributed by atoms with E-state index in [0.29, 0.717) is 56.4 Å². The molecule has 0 bridgehead atoms. The molecule has 0 aromatic heterocycles. The lowest BCUT2D eigenvalue weighted by Gasteiger charge is -2.31. The maximum atomic E-state index is 14.9. The van der Waals surface area contributed by atoms with E-state index in [1.54, 1.807) is 25.1 Å². The first kappa shape index (κ1) is 27.2. The molecule has 1 N–H and O–H groups in total. The number of hydrogen-bond acceptors (Lipinski definition) is 4. The maximum Gasteiger partial charge on any atom is 0.341 e. The second-order valence-electron chi connectivity index (χ2n) is 10.3. The van der Waals surface area contributed by atoms with E-state index in [4.69, 9.17) is 9.47 Å². The number of ether oxygens (including phenoxy) is 2. The highest BCUT2D eigenvalue weighted by Gasteiger charge is 2.31. The van der Waals surface area contributed by atoms with Gasteiger partial charge in [0.25, 0.3) is 0 Å². The molecule has 37 heavy (non-hydrogen) atoms. The number of hydrogen-bond donors (Lipinski definition) is 1. The molecule has 0 heterocycles. The number of benzene rings is 2. The van der Waals surface area contributed by atoms with E-state index in [-0.39, 0.29) is 29.1 Å². The van der Waals surface area contributed by atoms with Crippen molar-refractivity contribution >= 4 is 5.97 Å². The van der Waals surface area contributed by atoms with Crippen molar-refractivity contribution in [1.29, 1.82) is 0 Å². The first-order valence-electron chi connectivity index (χ1n) is 13.2. The first-order valence-corrected chi connectivity index (χ1v) is 13.2. The first-order chi connectivity index (χ1) is 17.8. The molecule has 0 amide bonds. The smallest absolute Gasteiger partial charge is 0.341 e. The molecule has 200 valence electrons. The summed E-state index contributed by atoms with van der Waals surface area (Å²) in [5.41, 5.74) is 0.477. The molecule has 7 heteroatoms. The zero-order valence-electron chi connectivity index (χ0n) is 21.2. The summed E-state index contributed by atoms with van der Waals surface area (Å²) in [5.74, 6) is -2.90. The summed E-state index contributed by atoms with van der Waals surface area (Å²) < 4.78 is 55.3. The molecule has 4 nitrogen and oxygen atoms in total. The van der Waals surface area contributed by atoms with Gasteiger partial charge >= 0.3 is 5.97 Å². The van der Waals surface area contributed by atoms with Crippen LogP contribution >= 0.6 is 0 Å². The van der Waals surface area contributed by atoms with Gasteiger partial charge in [-0.3, -0.25) is 0 Å². The van der Waals surface area contributed by atoms with Gasteiger partial charge in [-0.2, -0.15) is 0 Å². The SMILES string of the molecule is C=CCOc1ccc(C2CCC(OC(=O)c3ccc(C4CCC(C(C)O)CC4)c(F)c3F)CC2)c(F)c1. The zero-order valence-corrected chi connectivity index (χ0v) is 21.2. The number of halogens is 3. The number of aliphatic hydroxyl groups excluding tert-OH is 1. The van der Waals surface area contributed by atoms with Crippen LogP contribution in [0.3, 0.4) is 0 Å². The van der Waals surface area contributed by atoms with Crippen LogP contribution < -0.4 is 4.74 Å². The van der Waals surface area contributed by atoms with Gasteiger partial charge in [0.1, 0.15) is 24.3 Å². The molecule has 0 spiro atoms. The van der Waals surface area contributed by atoms with Crippen LogP contribution in [0, 0.1) is 23.4 Å². The van der Waals surface area contributed by atoms with E-state index in [2.05, 4.69) is 6.58 Å². The average molecular weight is 517 g/mol. The van der Waals surface area contributed by atoms with E-state index in [9.17, 15) is 23.1 Å². The van der Waals surface area contributed by atoms with Crippen LogP contribution in [0.5, 0.6) is 5.75 Å². The third kappa shape index (κ3) is 6.38. The Balaban J connectivity index is 1.33. The molecule has 2 aromatic carbocycles. The van der Waals surface area contributed by atoms with Gasteiger partial charge in [0.2, 0.25) is 0 Å². The van der Waals surface area contributed by atoms with E-state index in [1.807, 2.05) is 0 Å². The Morgan fingerprint density at radius 2 is 1.59 bits per heavy atom. The van der Waals surface area contributed by atoms with Crippen LogP contribution in [0.25, 0.3) is 0 Å². The minimum atomic E-state index is -1.17. The molecular weight excluding hydrogens is 481 g/mol. The standard InChI is InChI=1S/C30H35F3O4/c1-3-16-36-23-12-13-24(27(31)17-23)20-8-10-22(11-9-20)37-30(35)26-15-14-25(28(32)29(26)33)21-6-4-19(5-7-21)18(2)34/h3,12-15,17-22,34H,1,4-11,16H2,2H3. The average Bonchev–Trinajstić information content (AvgIpc) is 2.89. The molecule has 1 atom stereocenters. The second-order valence-corrected chi connectivity index (χ2v) is 10.3. The maximum absolute atomic E-state index is 14.9. The highest BCUT2D eigenvalue weighted by Crippen LogP contribution is 2.39. The number of esters is 1. The van der Waals surface area contributed by atoms with Gasteiger partial charge in [-0.1, -0.05) is 24.8 Å². The summed E-state index contributed by atoms with van der Waals surface area (Å²) in [6.45, 7) is 5.63. The van der Waals surface area contributed by atoms with E-state index in [1.165, 1.54) is 18.2 Å². The summed E-state index contributed by atoms with van der Waals surface area (Å²) in [4.78, 5) is 12.7. The number of aliphatic hydroxyl groups is 1. The summed E-state index contributed by atoms with van der Waals surface area (Å²) in [6, 6.07) is 7.62. The minimum Gasteiger partial charge on any atom is -0.489 e. The minimum absolute atomic E-state index is 0.0132. The summed E-state index contributed by atoms with van der Waals surface area (Å²) in [5, 5.41) is 9.78. The van der Waals surface area contributed by atoms with Gasteiger partial charge in [0, 0.05) is 6.07 Å². The lowest BCUT2D eigenvalue weighted by molar-refractivity contribution is 0.0188. The monoisotopic (exact) mass is 516 g/mol. The third-order valence-electron chi connectivity index (χ3n) is 7.95. The van der Waals surface area contributed by atoms with E-state index in [0.717, 1.165) is 12.8 Å². The molecular formula is C30H35F3O4. The molecule has 2 aliphatic carbocycles. The van der Waals surface area contributed by atoms with Crippen molar-refractivity contribution in [2.45, 2.75) is 82.3 Å². The van der Waals surface area contributed by atoms with Crippen LogP contribution in [-0.4, -0.2) is 29.9 Å². The zero-order chi connectivity index (χ0) is 26.5. The van der Waals surface area contributed by atoms with Crippen LogP contribution in [0.15, 0.2) is 43.0 Å². The molecule has 4 rings (SSSR count). The van der Waals surface area contributed by atoms with Gasteiger partial charge in [0.15, 0.2) is 11.6 Å². The highest BCUT2D eigenvalue weighted by atomic mass is 19.2. The fourth-order valence-electron chi connectivity index (χ4n) is 5.74. The molecule has 0 aliphatic heterocycles. The summed E-state index contributed by atoms with van der Waals surface area (Å²) in [7, 11) is 0. The van der Waals surface area contributed by atoms with Gasteiger partial charge in [-0.15, -0.1) is 0 Å². The fraction of sp³-hybridized carbons (Fsp3) is 0.500. The molecule has 2 fully saturated rings. The molecule has 0 saturated heterocycles. The Kier molecular flexibility index (Phi) is 8.95. The van der Waals surface area contributed by atoms with Crippen molar-refractivity contribution in [1.82, 2.24) is 0 Å². The molecule has 2 saturated carbocycles. The van der Waals surface area contributed by atoms with Crippen molar-refractivity contribution in [2.24, 2.45) is 5.92 Å². The summed E-state index contributed by atoms with van der Waals surface area (Å²) >= 11 is 0. The van der Waals surface area contributed by atoms with Gasteiger partial charge in [-0.25, -0.2) is 18.0 Å². The molecule has 2 aliphatic rings. The van der Waals surface area contributed by atoms with Crippen LogP contribution in [-0.2, 0) is 4.74 Å². The molecule has 0 radical (unpaired) electrons. The molecule has 2 aromatic rings. The Labute approximate surface area is 216 Å². The quantitative estimate of drug-likeness (QED) is 0.298. The van der Waals surface area contributed by atoms with Gasteiger partial charge in [0.05, 0.1) is 11.7 Å². The number of rotatable bonds is 8. The van der Waals surface area contributed by atoms with Crippen molar-refractivity contribution in [2.75, 3.05) is 6.61 Å². The lowest BCUT2D eigenvalue weighted by atomic mass is 9.76. The Morgan fingerprint density at radius 3 is 2.22 bits per heavy atom. The van der Waals surface area contributed by atoms with Crippen LogP contribution in [0.2, 0.25) is 0 Å². The Morgan fingerprint density at radius 1 is 0.973 bits per heavy atom. The predicted molar refractivity (Wildman–Crippen MR) is 135 cm³/mol. The van der Waals surface area contributed by atoms with Crippen LogP contribution in [0.1, 0.15) is 91.6 Å². The molecule has 1 unspecified atom stereocenters. The lowest BCUT2D eigenvalue weighted by Crippen LogP contribution is -2.25.